The summed E-state index contributed by atoms with van der Waals surface area (Å²) in [5.41, 5.74) is -0.389. The maximum absolute atomic E-state index is 12.8. The minimum Gasteiger partial charge on any atom is -0.465 e. The highest BCUT2D eigenvalue weighted by Gasteiger charge is 2.67. The molecule has 0 saturated carbocycles. The lowest BCUT2D eigenvalue weighted by molar-refractivity contribution is -0.128. The average molecular weight is 329 g/mol. The van der Waals surface area contributed by atoms with Crippen LogP contribution in [0.25, 0.3) is 0 Å². The molecule has 2 fully saturated rings. The Morgan fingerprint density at radius 3 is 2.62 bits per heavy atom. The topological polar surface area (TPSA) is 93.1 Å². The summed E-state index contributed by atoms with van der Waals surface area (Å²) in [5, 5.41) is 9.67. The van der Waals surface area contributed by atoms with Gasteiger partial charge in [0, 0.05) is 0 Å². The van der Waals surface area contributed by atoms with Crippen molar-refractivity contribution in [1.82, 2.24) is 0 Å². The van der Waals surface area contributed by atoms with E-state index in [9.17, 15) is 19.5 Å². The molecular formula is C17H15NO6. The lowest BCUT2D eigenvalue weighted by atomic mass is 9.77. The Labute approximate surface area is 137 Å². The minimum atomic E-state index is -1.11. The Kier molecular flexibility index (Phi) is 3.13. The number of imide groups is 1. The molecule has 4 unspecified atom stereocenters. The van der Waals surface area contributed by atoms with Gasteiger partial charge in [0.1, 0.15) is 5.60 Å². The van der Waals surface area contributed by atoms with Crippen LogP contribution in [-0.2, 0) is 19.1 Å². The van der Waals surface area contributed by atoms with Gasteiger partial charge in [0.05, 0.1) is 42.9 Å². The van der Waals surface area contributed by atoms with Crippen LogP contribution < -0.4 is 4.90 Å². The molecule has 0 radical (unpaired) electrons. The number of aliphatic hydroxyl groups is 1. The molecule has 3 aliphatic heterocycles. The van der Waals surface area contributed by atoms with E-state index >= 15 is 0 Å². The van der Waals surface area contributed by atoms with Gasteiger partial charge >= 0.3 is 5.97 Å². The first-order valence-electron chi connectivity index (χ1n) is 7.56. The number of aliphatic hydroxyl groups excluding tert-OH is 1. The summed E-state index contributed by atoms with van der Waals surface area (Å²) in [6, 6.07) is 6.07. The maximum atomic E-state index is 12.8. The summed E-state index contributed by atoms with van der Waals surface area (Å²) in [6.07, 6.45) is 2.92. The fourth-order valence-corrected chi connectivity index (χ4v) is 3.80. The smallest absolute Gasteiger partial charge is 0.337 e. The van der Waals surface area contributed by atoms with Crippen LogP contribution in [0.2, 0.25) is 0 Å². The van der Waals surface area contributed by atoms with Crippen LogP contribution in [0, 0.1) is 11.8 Å². The van der Waals surface area contributed by atoms with Crippen molar-refractivity contribution in [2.24, 2.45) is 11.8 Å². The Balaban J connectivity index is 1.68. The first-order chi connectivity index (χ1) is 11.5. The van der Waals surface area contributed by atoms with Crippen molar-refractivity contribution in [2.75, 3.05) is 18.6 Å². The number of hydrogen-bond acceptors (Lipinski definition) is 6. The number of anilines is 1. The molecule has 4 atom stereocenters. The van der Waals surface area contributed by atoms with Gasteiger partial charge in [0.2, 0.25) is 11.8 Å². The fraction of sp³-hybridized carbons (Fsp3) is 0.353. The zero-order chi connectivity index (χ0) is 17.1. The number of esters is 1. The number of fused-ring (bicyclic) bond motifs is 5. The van der Waals surface area contributed by atoms with Gasteiger partial charge in [0.15, 0.2) is 0 Å². The van der Waals surface area contributed by atoms with Gasteiger partial charge in [0.25, 0.3) is 0 Å². The first-order valence-corrected chi connectivity index (χ1v) is 7.56. The minimum absolute atomic E-state index is 0.331. The second-order valence-electron chi connectivity index (χ2n) is 6.11. The average Bonchev–Trinajstić information content (AvgIpc) is 3.25. The lowest BCUT2D eigenvalue weighted by Gasteiger charge is -2.26. The molecule has 2 saturated heterocycles. The van der Waals surface area contributed by atoms with Gasteiger partial charge in [-0.05, 0) is 24.3 Å². The zero-order valence-corrected chi connectivity index (χ0v) is 12.8. The van der Waals surface area contributed by atoms with E-state index in [0.717, 1.165) is 4.90 Å². The van der Waals surface area contributed by atoms with E-state index < -0.39 is 35.4 Å². The van der Waals surface area contributed by atoms with Crippen LogP contribution in [-0.4, -0.2) is 48.3 Å². The normalized spacial score (nSPS) is 33.2. The summed E-state index contributed by atoms with van der Waals surface area (Å²) in [4.78, 5) is 38.2. The standard InChI is InChI=1S/C17H15NO6/c1-23-16(22)9-2-4-10(5-3-9)18-14(20)12-11-6-7-17(8-19,24-11)13(12)15(18)21/h2-7,11-13,19H,8H2,1H3. The van der Waals surface area contributed by atoms with Crippen LogP contribution in [0.4, 0.5) is 5.69 Å². The molecule has 7 heteroatoms. The molecule has 3 heterocycles. The largest absolute Gasteiger partial charge is 0.465 e. The molecule has 0 aromatic heterocycles. The van der Waals surface area contributed by atoms with Crippen molar-refractivity contribution < 1.29 is 29.0 Å². The first kappa shape index (κ1) is 15.0. The van der Waals surface area contributed by atoms with E-state index in [1.807, 2.05) is 0 Å². The van der Waals surface area contributed by atoms with Gasteiger partial charge in [-0.2, -0.15) is 0 Å². The number of rotatable bonds is 3. The number of hydrogen-bond donors (Lipinski definition) is 1. The van der Waals surface area contributed by atoms with E-state index in [0.29, 0.717) is 11.3 Å². The van der Waals surface area contributed by atoms with Gasteiger partial charge in [-0.3, -0.25) is 9.59 Å². The van der Waals surface area contributed by atoms with Crippen molar-refractivity contribution in [3.8, 4) is 0 Å². The molecule has 124 valence electrons. The molecule has 1 aromatic rings. The summed E-state index contributed by atoms with van der Waals surface area (Å²) < 4.78 is 10.3. The Bertz CT molecular complexity index is 770. The molecule has 3 aliphatic rings. The van der Waals surface area contributed by atoms with Crippen molar-refractivity contribution in [3.05, 3.63) is 42.0 Å². The predicted molar refractivity (Wildman–Crippen MR) is 81.1 cm³/mol. The van der Waals surface area contributed by atoms with E-state index in [-0.39, 0.29) is 12.5 Å². The number of carbonyl (C=O) groups excluding carboxylic acids is 3. The Morgan fingerprint density at radius 1 is 1.29 bits per heavy atom. The van der Waals surface area contributed by atoms with Crippen LogP contribution >= 0.6 is 0 Å². The zero-order valence-electron chi connectivity index (χ0n) is 12.8. The van der Waals surface area contributed by atoms with Crippen molar-refractivity contribution in [2.45, 2.75) is 11.7 Å². The molecule has 2 bridgehead atoms. The van der Waals surface area contributed by atoms with Gasteiger partial charge in [-0.15, -0.1) is 0 Å². The van der Waals surface area contributed by atoms with Crippen molar-refractivity contribution in [3.63, 3.8) is 0 Å². The van der Waals surface area contributed by atoms with Crippen LogP contribution in [0.1, 0.15) is 10.4 Å². The number of ether oxygens (including phenoxy) is 2. The number of methoxy groups -OCH3 is 1. The predicted octanol–water partition coefficient (Wildman–Crippen LogP) is 0.278. The summed E-state index contributed by atoms with van der Waals surface area (Å²) in [7, 11) is 1.28. The fourth-order valence-electron chi connectivity index (χ4n) is 3.80. The van der Waals surface area contributed by atoms with Gasteiger partial charge < -0.3 is 14.6 Å². The summed E-state index contributed by atoms with van der Waals surface area (Å²) in [6.45, 7) is -0.352. The maximum Gasteiger partial charge on any atom is 0.337 e. The highest BCUT2D eigenvalue weighted by Crippen LogP contribution is 2.52. The summed E-state index contributed by atoms with van der Waals surface area (Å²) in [5.74, 6) is -2.56. The monoisotopic (exact) mass is 329 g/mol. The third-order valence-electron chi connectivity index (χ3n) is 4.95. The molecule has 0 spiro atoms. The molecular weight excluding hydrogens is 314 g/mol. The molecule has 2 amide bonds. The number of carbonyl (C=O) groups is 3. The lowest BCUT2D eigenvalue weighted by Crippen LogP contribution is -2.43. The Morgan fingerprint density at radius 2 is 2.00 bits per heavy atom. The van der Waals surface area contributed by atoms with Crippen molar-refractivity contribution in [1.29, 1.82) is 0 Å². The van der Waals surface area contributed by atoms with Crippen LogP contribution in [0.5, 0.6) is 0 Å². The molecule has 0 aliphatic carbocycles. The van der Waals surface area contributed by atoms with E-state index in [1.165, 1.54) is 31.4 Å². The Hall–Kier alpha value is -2.51. The highest BCUT2D eigenvalue weighted by molar-refractivity contribution is 6.23. The SMILES string of the molecule is COC(=O)c1ccc(N2C(=O)C3C4C=CC(CO)(O4)C3C2=O)cc1. The molecule has 1 N–H and O–H groups in total. The second-order valence-corrected chi connectivity index (χ2v) is 6.11. The highest BCUT2D eigenvalue weighted by atomic mass is 16.5. The molecule has 4 rings (SSSR count). The number of benzene rings is 1. The number of nitrogens with zero attached hydrogens (tertiary/aromatic N) is 1. The third kappa shape index (κ3) is 1.76. The van der Waals surface area contributed by atoms with Gasteiger partial charge in [-0.1, -0.05) is 12.2 Å². The number of amides is 2. The van der Waals surface area contributed by atoms with E-state index in [2.05, 4.69) is 4.74 Å². The molecule has 24 heavy (non-hydrogen) atoms. The third-order valence-corrected chi connectivity index (χ3v) is 4.95. The second kappa shape index (κ2) is 4.99. The van der Waals surface area contributed by atoms with E-state index in [4.69, 9.17) is 4.74 Å². The quantitative estimate of drug-likeness (QED) is 0.486. The molecule has 1 aromatic carbocycles. The van der Waals surface area contributed by atoms with Gasteiger partial charge in [-0.25, -0.2) is 9.69 Å². The van der Waals surface area contributed by atoms with Crippen molar-refractivity contribution >= 4 is 23.5 Å². The molecule has 7 nitrogen and oxygen atoms in total. The van der Waals surface area contributed by atoms with E-state index in [1.54, 1.807) is 12.2 Å². The van der Waals surface area contributed by atoms with Crippen LogP contribution in [0.15, 0.2) is 36.4 Å². The van der Waals surface area contributed by atoms with Crippen LogP contribution in [0.3, 0.4) is 0 Å². The summed E-state index contributed by atoms with van der Waals surface area (Å²) >= 11 is 0.